The van der Waals surface area contributed by atoms with Crippen LogP contribution in [0.1, 0.15) is 47.6 Å². The first-order valence-corrected chi connectivity index (χ1v) is 7.48. The Morgan fingerprint density at radius 3 is 2.83 bits per heavy atom. The number of nitrogens with zero attached hydrogens (tertiary/aromatic N) is 3. The molecule has 24 heavy (non-hydrogen) atoms. The molecule has 1 aromatic heterocycles. The van der Waals surface area contributed by atoms with Gasteiger partial charge in [-0.25, -0.2) is 0 Å². The van der Waals surface area contributed by atoms with E-state index < -0.39 is 0 Å². The fourth-order valence-electron chi connectivity index (χ4n) is 2.17. The van der Waals surface area contributed by atoms with E-state index in [1.54, 1.807) is 19.2 Å². The molecule has 0 spiro atoms. The lowest BCUT2D eigenvalue weighted by atomic mass is 10.1. The summed E-state index contributed by atoms with van der Waals surface area (Å²) in [4.78, 5) is 18.3. The van der Waals surface area contributed by atoms with Crippen molar-refractivity contribution in [2.24, 2.45) is 0 Å². The van der Waals surface area contributed by atoms with Gasteiger partial charge in [-0.05, 0) is 38.5 Å². The number of anilines is 1. The van der Waals surface area contributed by atoms with Crippen molar-refractivity contribution < 1.29 is 14.1 Å². The van der Waals surface area contributed by atoms with Crippen LogP contribution in [-0.4, -0.2) is 34.6 Å². The minimum Gasteiger partial charge on any atom is -0.399 e. The third kappa shape index (κ3) is 4.69. The van der Waals surface area contributed by atoms with Gasteiger partial charge in [0.1, 0.15) is 6.10 Å². The van der Waals surface area contributed by atoms with Crippen LogP contribution in [0.3, 0.4) is 0 Å². The number of ether oxygens (including phenoxy) is 1. The fourth-order valence-corrected chi connectivity index (χ4v) is 2.17. The van der Waals surface area contributed by atoms with Gasteiger partial charge in [0.15, 0.2) is 5.82 Å². The maximum Gasteiger partial charge on any atom is 0.254 e. The van der Waals surface area contributed by atoms with Crippen LogP contribution in [-0.2, 0) is 11.3 Å². The van der Waals surface area contributed by atoms with Crippen LogP contribution in [0.25, 0.3) is 0 Å². The van der Waals surface area contributed by atoms with E-state index in [1.165, 1.54) is 4.90 Å². The zero-order chi connectivity index (χ0) is 17.0. The molecule has 0 aliphatic heterocycles. The van der Waals surface area contributed by atoms with E-state index >= 15 is 0 Å². The van der Waals surface area contributed by atoms with Crippen molar-refractivity contribution in [3.63, 3.8) is 0 Å². The maximum atomic E-state index is 12.5. The van der Waals surface area contributed by atoms with Gasteiger partial charge in [-0.2, -0.15) is 4.98 Å². The molecule has 0 aliphatic rings. The molecule has 0 fully saturated rings. The molecule has 2 aromatic rings. The summed E-state index contributed by atoms with van der Waals surface area (Å²) in [7, 11) is 1.68. The predicted molar refractivity (Wildman–Crippen MR) is 93.0 cm³/mol. The smallest absolute Gasteiger partial charge is 0.254 e. The van der Waals surface area contributed by atoms with Crippen LogP contribution >= 0.6 is 12.4 Å². The summed E-state index contributed by atoms with van der Waals surface area (Å²) >= 11 is 0. The van der Waals surface area contributed by atoms with Gasteiger partial charge in [0.25, 0.3) is 5.91 Å². The van der Waals surface area contributed by atoms with Crippen molar-refractivity contribution in [3.05, 3.63) is 41.0 Å². The summed E-state index contributed by atoms with van der Waals surface area (Å²) in [6.45, 7) is 6.41. The molecule has 0 saturated heterocycles. The molecule has 0 bridgehead atoms. The zero-order valence-corrected chi connectivity index (χ0v) is 15.1. The van der Waals surface area contributed by atoms with E-state index in [-0.39, 0.29) is 31.0 Å². The maximum absolute atomic E-state index is 12.5. The number of hydrogen-bond acceptors (Lipinski definition) is 6. The van der Waals surface area contributed by atoms with Crippen molar-refractivity contribution in [2.75, 3.05) is 19.4 Å². The third-order valence-corrected chi connectivity index (χ3v) is 3.48. The van der Waals surface area contributed by atoms with E-state index in [4.69, 9.17) is 15.0 Å². The molecule has 1 atom stereocenters. The second kappa shape index (κ2) is 8.65. The zero-order valence-electron chi connectivity index (χ0n) is 14.3. The number of aromatic nitrogens is 2. The normalized spacial score (nSPS) is 11.7. The Bertz CT molecular complexity index is 690. The Hall–Kier alpha value is -2.12. The Morgan fingerprint density at radius 1 is 1.46 bits per heavy atom. The molecule has 8 heteroatoms. The van der Waals surface area contributed by atoms with Gasteiger partial charge in [0.2, 0.25) is 5.89 Å². The van der Waals surface area contributed by atoms with E-state index in [9.17, 15) is 4.79 Å². The summed E-state index contributed by atoms with van der Waals surface area (Å²) in [5, 5.41) is 3.88. The molecule has 0 aliphatic carbocycles. The molecule has 2 N–H and O–H groups in total. The number of amides is 1. The Labute approximate surface area is 147 Å². The summed E-state index contributed by atoms with van der Waals surface area (Å²) in [6, 6.07) is 5.26. The third-order valence-electron chi connectivity index (χ3n) is 3.48. The Morgan fingerprint density at radius 2 is 2.17 bits per heavy atom. The van der Waals surface area contributed by atoms with Gasteiger partial charge in [-0.3, -0.25) is 4.79 Å². The van der Waals surface area contributed by atoms with Crippen molar-refractivity contribution in [1.82, 2.24) is 15.0 Å². The first-order chi connectivity index (χ1) is 10.9. The first-order valence-electron chi connectivity index (χ1n) is 7.48. The van der Waals surface area contributed by atoms with Crippen LogP contribution in [0.5, 0.6) is 0 Å². The van der Waals surface area contributed by atoms with Crippen molar-refractivity contribution in [2.45, 2.75) is 33.4 Å². The van der Waals surface area contributed by atoms with Crippen molar-refractivity contribution >= 4 is 24.0 Å². The van der Waals surface area contributed by atoms with Gasteiger partial charge in [-0.1, -0.05) is 11.2 Å². The van der Waals surface area contributed by atoms with Crippen LogP contribution < -0.4 is 5.73 Å². The Balaban J connectivity index is 0.00000288. The second-order valence-electron chi connectivity index (χ2n) is 5.38. The largest absolute Gasteiger partial charge is 0.399 e. The average molecular weight is 355 g/mol. The lowest BCUT2D eigenvalue weighted by Gasteiger charge is -2.16. The highest BCUT2D eigenvalue weighted by molar-refractivity contribution is 5.96. The highest BCUT2D eigenvalue weighted by Crippen LogP contribution is 2.17. The number of nitrogen functional groups attached to an aromatic ring is 1. The number of nitrogens with two attached hydrogens (primary N) is 1. The molecule has 132 valence electrons. The minimum absolute atomic E-state index is 0. The van der Waals surface area contributed by atoms with Crippen LogP contribution in [0.2, 0.25) is 0 Å². The number of carbonyl (C=O) groups excluding carboxylic acids is 1. The van der Waals surface area contributed by atoms with Crippen LogP contribution in [0.4, 0.5) is 5.69 Å². The van der Waals surface area contributed by atoms with Gasteiger partial charge in [0.05, 0.1) is 6.54 Å². The molecule has 0 radical (unpaired) electrons. The number of benzene rings is 1. The van der Waals surface area contributed by atoms with Crippen molar-refractivity contribution in [3.8, 4) is 0 Å². The molecule has 1 heterocycles. The van der Waals surface area contributed by atoms with E-state index in [1.807, 2.05) is 26.8 Å². The van der Waals surface area contributed by atoms with Gasteiger partial charge >= 0.3 is 0 Å². The number of hydrogen-bond donors (Lipinski definition) is 1. The average Bonchev–Trinajstić information content (AvgIpc) is 2.97. The Kier molecular flexibility index (Phi) is 7.18. The van der Waals surface area contributed by atoms with Crippen LogP contribution in [0.15, 0.2) is 22.7 Å². The van der Waals surface area contributed by atoms with Crippen LogP contribution in [0, 0.1) is 6.92 Å². The SMILES string of the molecule is CCOC(C)c1noc(CN(C)C(=O)c2cc(N)ccc2C)n1.Cl. The summed E-state index contributed by atoms with van der Waals surface area (Å²) in [5.41, 5.74) is 7.74. The molecule has 1 aromatic carbocycles. The first kappa shape index (κ1) is 19.9. The highest BCUT2D eigenvalue weighted by Gasteiger charge is 2.19. The summed E-state index contributed by atoms with van der Waals surface area (Å²) in [6.07, 6.45) is -0.241. The molecule has 0 saturated carbocycles. The molecule has 1 amide bonds. The number of carbonyl (C=O) groups is 1. The highest BCUT2D eigenvalue weighted by atomic mass is 35.5. The molecule has 2 rings (SSSR count). The lowest BCUT2D eigenvalue weighted by Crippen LogP contribution is -2.27. The van der Waals surface area contributed by atoms with E-state index in [2.05, 4.69) is 10.1 Å². The van der Waals surface area contributed by atoms with Crippen molar-refractivity contribution in [1.29, 1.82) is 0 Å². The van der Waals surface area contributed by atoms with Gasteiger partial charge in [0, 0.05) is 24.9 Å². The number of rotatable bonds is 6. The monoisotopic (exact) mass is 354 g/mol. The summed E-state index contributed by atoms with van der Waals surface area (Å²) in [5.74, 6) is 0.694. The molecule has 1 unspecified atom stereocenters. The lowest BCUT2D eigenvalue weighted by molar-refractivity contribution is 0.0682. The minimum atomic E-state index is -0.241. The molecule has 7 nitrogen and oxygen atoms in total. The number of halogens is 1. The second-order valence-corrected chi connectivity index (χ2v) is 5.38. The molecular weight excluding hydrogens is 332 g/mol. The predicted octanol–water partition coefficient (Wildman–Crippen LogP) is 2.75. The van der Waals surface area contributed by atoms with E-state index in [0.29, 0.717) is 29.6 Å². The quantitative estimate of drug-likeness (QED) is 0.801. The molecular formula is C16H23ClN4O3. The standard InChI is InChI=1S/C16H22N4O3.ClH/c1-5-22-11(3)15-18-14(23-19-15)9-20(4)16(21)13-8-12(17)7-6-10(13)2;/h6-8,11H,5,9,17H2,1-4H3;1H. The van der Waals surface area contributed by atoms with E-state index in [0.717, 1.165) is 5.56 Å². The number of aryl methyl sites for hydroxylation is 1. The van der Waals surface area contributed by atoms with Gasteiger partial charge in [-0.15, -0.1) is 12.4 Å². The fraction of sp³-hybridized carbons (Fsp3) is 0.438. The summed E-state index contributed by atoms with van der Waals surface area (Å²) < 4.78 is 10.6. The van der Waals surface area contributed by atoms with Gasteiger partial charge < -0.3 is 19.9 Å². The topological polar surface area (TPSA) is 94.5 Å².